The number of aromatic nitrogens is 2. The average molecular weight is 562 g/mol. The Kier molecular flexibility index (Phi) is 8.09. The summed E-state index contributed by atoms with van der Waals surface area (Å²) < 4.78 is 13.6. The first-order chi connectivity index (χ1) is 19.2. The number of rotatable bonds is 8. The van der Waals surface area contributed by atoms with E-state index in [0.29, 0.717) is 83.8 Å². The Labute approximate surface area is 236 Å². The van der Waals surface area contributed by atoms with Crippen LogP contribution in [0.4, 0.5) is 4.39 Å². The number of aryl methyl sites for hydroxylation is 1. The van der Waals surface area contributed by atoms with E-state index < -0.39 is 11.6 Å². The molecule has 40 heavy (non-hydrogen) atoms. The normalized spacial score (nSPS) is 14.8. The Morgan fingerprint density at radius 2 is 1.62 bits per heavy atom. The molecular weight excluding hydrogens is 533 g/mol. The van der Waals surface area contributed by atoms with Gasteiger partial charge in [-0.1, -0.05) is 23.7 Å². The minimum atomic E-state index is -1.01. The summed E-state index contributed by atoms with van der Waals surface area (Å²) in [4.78, 5) is 35.7. The summed E-state index contributed by atoms with van der Waals surface area (Å²) in [7, 11) is 0. The predicted molar refractivity (Wildman–Crippen MR) is 151 cm³/mol. The van der Waals surface area contributed by atoms with Crippen molar-refractivity contribution in [2.24, 2.45) is 0 Å². The van der Waals surface area contributed by atoms with Crippen molar-refractivity contribution in [3.8, 4) is 11.3 Å². The van der Waals surface area contributed by atoms with Gasteiger partial charge in [0.1, 0.15) is 5.82 Å². The summed E-state index contributed by atoms with van der Waals surface area (Å²) in [6, 6.07) is 18.4. The fraction of sp³-hybridized carbons (Fsp3) is 0.290. The number of unbranched alkanes of at least 4 members (excludes halogenated alkanes) is 1. The maximum Gasteiger partial charge on any atom is 0.303 e. The second-order valence-corrected chi connectivity index (χ2v) is 10.6. The van der Waals surface area contributed by atoms with Crippen LogP contribution in [0.1, 0.15) is 53.7 Å². The number of aliphatic carboxylic acids is 1. The van der Waals surface area contributed by atoms with Crippen LogP contribution in [0.15, 0.2) is 66.7 Å². The van der Waals surface area contributed by atoms with Gasteiger partial charge in [-0.3, -0.25) is 9.59 Å². The third kappa shape index (κ3) is 6.13. The van der Waals surface area contributed by atoms with Crippen molar-refractivity contribution in [1.82, 2.24) is 14.9 Å². The van der Waals surface area contributed by atoms with Crippen molar-refractivity contribution >= 4 is 34.5 Å². The maximum atomic E-state index is 13.6. The van der Waals surface area contributed by atoms with Gasteiger partial charge in [0.2, 0.25) is 0 Å². The van der Waals surface area contributed by atoms with Crippen molar-refractivity contribution in [1.29, 1.82) is 0 Å². The molecule has 0 saturated carbocycles. The number of amides is 1. The summed E-state index contributed by atoms with van der Waals surface area (Å²) in [5, 5.41) is 20.8. The molecular formula is C31H29ClFN3O4. The van der Waals surface area contributed by atoms with Crippen LogP contribution >= 0.6 is 11.6 Å². The fourth-order valence-corrected chi connectivity index (χ4v) is 5.24. The molecule has 2 N–H and O–H groups in total. The van der Waals surface area contributed by atoms with Crippen molar-refractivity contribution in [3.05, 3.63) is 94.4 Å². The van der Waals surface area contributed by atoms with Crippen molar-refractivity contribution in [2.75, 3.05) is 13.1 Å². The monoisotopic (exact) mass is 561 g/mol. The number of carbonyl (C=O) groups is 2. The van der Waals surface area contributed by atoms with Gasteiger partial charge in [0.25, 0.3) is 5.91 Å². The molecule has 1 fully saturated rings. The average Bonchev–Trinajstić information content (AvgIpc) is 2.95. The Balaban J connectivity index is 1.37. The first-order valence-corrected chi connectivity index (χ1v) is 13.7. The number of carboxylic acids is 1. The number of hydrogen-bond acceptors (Lipinski definition) is 5. The van der Waals surface area contributed by atoms with Crippen LogP contribution < -0.4 is 0 Å². The third-order valence-electron chi connectivity index (χ3n) is 7.41. The highest BCUT2D eigenvalue weighted by Gasteiger charge is 2.35. The van der Waals surface area contributed by atoms with E-state index in [1.54, 1.807) is 47.4 Å². The number of fused-ring (bicyclic) bond motifs is 1. The maximum absolute atomic E-state index is 13.6. The van der Waals surface area contributed by atoms with Crippen LogP contribution in [0.3, 0.4) is 0 Å². The summed E-state index contributed by atoms with van der Waals surface area (Å²) >= 11 is 5.99. The topological polar surface area (TPSA) is 104 Å². The van der Waals surface area contributed by atoms with E-state index in [1.807, 2.05) is 12.1 Å². The molecule has 1 aliphatic rings. The molecule has 4 aromatic rings. The zero-order valence-electron chi connectivity index (χ0n) is 21.8. The highest BCUT2D eigenvalue weighted by molar-refractivity contribution is 6.30. The molecule has 0 aliphatic carbocycles. The summed E-state index contributed by atoms with van der Waals surface area (Å²) in [5.74, 6) is -1.35. The SMILES string of the molecule is O=C(O)CCCCc1nc2cc(C(=O)N3CCC(O)(c4ccc(Cl)cc4)CC3)ccc2nc1-c1ccc(F)cc1. The molecule has 0 bridgehead atoms. The molecule has 0 spiro atoms. The van der Waals surface area contributed by atoms with Crippen molar-refractivity contribution in [3.63, 3.8) is 0 Å². The van der Waals surface area contributed by atoms with Gasteiger partial charge >= 0.3 is 5.97 Å². The number of aliphatic hydroxyl groups is 1. The zero-order valence-corrected chi connectivity index (χ0v) is 22.6. The smallest absolute Gasteiger partial charge is 0.303 e. The Bertz CT molecular complexity index is 1540. The van der Waals surface area contributed by atoms with E-state index in [1.165, 1.54) is 12.1 Å². The number of carboxylic acid groups (broad SMARTS) is 1. The first kappa shape index (κ1) is 27.7. The van der Waals surface area contributed by atoms with Crippen molar-refractivity contribution in [2.45, 2.75) is 44.1 Å². The molecule has 7 nitrogen and oxygen atoms in total. The number of hydrogen-bond donors (Lipinski definition) is 2. The quantitative estimate of drug-likeness (QED) is 0.255. The fourth-order valence-electron chi connectivity index (χ4n) is 5.12. The molecule has 1 amide bonds. The van der Waals surface area contributed by atoms with Gasteiger partial charge in [-0.25, -0.2) is 14.4 Å². The van der Waals surface area contributed by atoms with E-state index in [4.69, 9.17) is 26.7 Å². The highest BCUT2D eigenvalue weighted by Crippen LogP contribution is 2.34. The molecule has 1 saturated heterocycles. The van der Waals surface area contributed by atoms with E-state index in [-0.39, 0.29) is 18.1 Å². The van der Waals surface area contributed by atoms with Crippen LogP contribution in [0.25, 0.3) is 22.3 Å². The van der Waals surface area contributed by atoms with Gasteiger partial charge in [-0.2, -0.15) is 0 Å². The number of benzene rings is 3. The number of carbonyl (C=O) groups excluding carboxylic acids is 1. The number of likely N-dealkylation sites (tertiary alicyclic amines) is 1. The number of piperidine rings is 1. The molecule has 206 valence electrons. The molecule has 5 rings (SSSR count). The Morgan fingerprint density at radius 3 is 2.30 bits per heavy atom. The largest absolute Gasteiger partial charge is 0.481 e. The highest BCUT2D eigenvalue weighted by atomic mass is 35.5. The summed E-state index contributed by atoms with van der Waals surface area (Å²) in [6.45, 7) is 0.806. The van der Waals surface area contributed by atoms with E-state index in [2.05, 4.69) is 0 Å². The summed E-state index contributed by atoms with van der Waals surface area (Å²) in [6.07, 6.45) is 2.48. The third-order valence-corrected chi connectivity index (χ3v) is 7.67. The first-order valence-electron chi connectivity index (χ1n) is 13.3. The van der Waals surface area contributed by atoms with Crippen LogP contribution in [0, 0.1) is 5.82 Å². The van der Waals surface area contributed by atoms with E-state index in [0.717, 1.165) is 5.56 Å². The molecule has 1 aromatic heterocycles. The molecule has 0 unspecified atom stereocenters. The molecule has 1 aliphatic heterocycles. The van der Waals surface area contributed by atoms with Gasteiger partial charge in [0.05, 0.1) is 28.0 Å². The Morgan fingerprint density at radius 1 is 0.925 bits per heavy atom. The second-order valence-electron chi connectivity index (χ2n) is 10.2. The zero-order chi connectivity index (χ0) is 28.3. The van der Waals surface area contributed by atoms with Crippen LogP contribution in [-0.2, 0) is 16.8 Å². The summed E-state index contributed by atoms with van der Waals surface area (Å²) in [5.41, 5.74) is 3.40. The lowest BCUT2D eigenvalue weighted by molar-refractivity contribution is -0.137. The van der Waals surface area contributed by atoms with Gasteiger partial charge in [-0.15, -0.1) is 0 Å². The van der Waals surface area contributed by atoms with Gasteiger partial charge in [-0.05, 0) is 92.3 Å². The molecule has 3 aromatic carbocycles. The van der Waals surface area contributed by atoms with Gasteiger partial charge < -0.3 is 15.1 Å². The molecule has 9 heteroatoms. The number of nitrogens with zero attached hydrogens (tertiary/aromatic N) is 3. The standard InChI is InChI=1S/C31H29ClFN3O4/c32-23-10-8-22(9-11-23)31(40)15-17-36(18-16-31)30(39)21-7-14-25-27(19-21)34-26(3-1-2-4-28(37)38)29(35-25)20-5-12-24(33)13-6-20/h5-14,19,40H,1-4,15-18H2,(H,37,38). The lowest BCUT2D eigenvalue weighted by Gasteiger charge is -2.38. The van der Waals surface area contributed by atoms with Crippen LogP contribution in [0.5, 0.6) is 0 Å². The van der Waals surface area contributed by atoms with Gasteiger partial charge in [0, 0.05) is 35.7 Å². The van der Waals surface area contributed by atoms with Crippen LogP contribution in [0.2, 0.25) is 5.02 Å². The lowest BCUT2D eigenvalue weighted by Crippen LogP contribution is -2.45. The van der Waals surface area contributed by atoms with E-state index >= 15 is 0 Å². The molecule has 2 heterocycles. The lowest BCUT2D eigenvalue weighted by atomic mass is 9.84. The molecule has 0 radical (unpaired) electrons. The number of halogens is 2. The van der Waals surface area contributed by atoms with E-state index in [9.17, 15) is 19.1 Å². The Hall–Kier alpha value is -3.88. The minimum Gasteiger partial charge on any atom is -0.481 e. The minimum absolute atomic E-state index is 0.0640. The van der Waals surface area contributed by atoms with Crippen molar-refractivity contribution < 1.29 is 24.2 Å². The predicted octanol–water partition coefficient (Wildman–Crippen LogP) is 6.01. The van der Waals surface area contributed by atoms with Crippen LogP contribution in [-0.4, -0.2) is 50.0 Å². The molecule has 0 atom stereocenters. The van der Waals surface area contributed by atoms with Gasteiger partial charge in [0.15, 0.2) is 0 Å². The second kappa shape index (κ2) is 11.7.